The Bertz CT molecular complexity index is 233. The van der Waals surface area contributed by atoms with Crippen molar-refractivity contribution in [3.05, 3.63) is 0 Å². The summed E-state index contributed by atoms with van der Waals surface area (Å²) in [5.41, 5.74) is 0. The number of alkyl halides is 3. The number of hydrogen-bond donors (Lipinski definition) is 1. The van der Waals surface area contributed by atoms with Crippen LogP contribution in [0.5, 0.6) is 0 Å². The van der Waals surface area contributed by atoms with E-state index in [0.29, 0.717) is 12.8 Å². The number of hydrogen-bond acceptors (Lipinski definition) is 1. The lowest BCUT2D eigenvalue weighted by Gasteiger charge is -2.32. The van der Waals surface area contributed by atoms with E-state index in [9.17, 15) is 13.2 Å². The molecule has 0 aromatic heterocycles. The maximum absolute atomic E-state index is 12.4. The number of halogens is 3. The molecule has 1 fully saturated rings. The molecule has 4 heteroatoms. The third kappa shape index (κ3) is 3.13. The summed E-state index contributed by atoms with van der Waals surface area (Å²) < 4.78 is 37.1. The van der Waals surface area contributed by atoms with Crippen LogP contribution in [0.25, 0.3) is 0 Å². The Kier molecular flexibility index (Phi) is 4.04. The molecule has 0 aromatic carbocycles. The Morgan fingerprint density at radius 1 is 1.27 bits per heavy atom. The number of nitrogens with one attached hydrogen (secondary N) is 1. The highest BCUT2D eigenvalue weighted by atomic mass is 19.4. The van der Waals surface area contributed by atoms with E-state index in [1.807, 2.05) is 0 Å². The highest BCUT2D eigenvalue weighted by Crippen LogP contribution is 2.40. The zero-order chi connectivity index (χ0) is 11.5. The number of terminal acetylenes is 1. The van der Waals surface area contributed by atoms with Crippen molar-refractivity contribution in [2.75, 3.05) is 7.05 Å². The van der Waals surface area contributed by atoms with E-state index in [4.69, 9.17) is 6.42 Å². The topological polar surface area (TPSA) is 12.0 Å². The van der Waals surface area contributed by atoms with E-state index in [-0.39, 0.29) is 24.8 Å². The van der Waals surface area contributed by atoms with Gasteiger partial charge in [0.25, 0.3) is 0 Å². The van der Waals surface area contributed by atoms with Crippen LogP contribution >= 0.6 is 0 Å². The molecule has 1 N–H and O–H groups in total. The van der Waals surface area contributed by atoms with E-state index in [1.165, 1.54) is 0 Å². The van der Waals surface area contributed by atoms with Gasteiger partial charge in [-0.2, -0.15) is 13.2 Å². The van der Waals surface area contributed by atoms with Crippen molar-refractivity contribution in [1.82, 2.24) is 5.32 Å². The highest BCUT2D eigenvalue weighted by Gasteiger charge is 2.42. The van der Waals surface area contributed by atoms with Gasteiger partial charge in [0.15, 0.2) is 0 Å². The zero-order valence-corrected chi connectivity index (χ0v) is 8.77. The summed E-state index contributed by atoms with van der Waals surface area (Å²) in [6.45, 7) is 0. The molecule has 0 radical (unpaired) electrons. The van der Waals surface area contributed by atoms with Crippen LogP contribution in [0.15, 0.2) is 0 Å². The first-order valence-corrected chi connectivity index (χ1v) is 5.19. The standard InChI is InChI=1S/C11H16F3N/c1-3-10(15-2)8-4-6-9(7-5-8)11(12,13)14/h1,8-10,15H,4-7H2,2H3. The van der Waals surface area contributed by atoms with Crippen LogP contribution in [0.3, 0.4) is 0 Å². The molecule has 0 saturated heterocycles. The first kappa shape index (κ1) is 12.4. The molecule has 1 atom stereocenters. The Morgan fingerprint density at radius 3 is 2.13 bits per heavy atom. The molecule has 0 heterocycles. The van der Waals surface area contributed by atoms with Gasteiger partial charge in [-0.1, -0.05) is 5.92 Å². The van der Waals surface area contributed by atoms with E-state index >= 15 is 0 Å². The fourth-order valence-electron chi connectivity index (χ4n) is 2.23. The second-order valence-electron chi connectivity index (χ2n) is 4.09. The second-order valence-corrected chi connectivity index (χ2v) is 4.09. The minimum Gasteiger partial charge on any atom is -0.307 e. The van der Waals surface area contributed by atoms with Crippen molar-refractivity contribution in [2.24, 2.45) is 11.8 Å². The van der Waals surface area contributed by atoms with Crippen molar-refractivity contribution in [2.45, 2.75) is 37.9 Å². The molecular formula is C11H16F3N. The Balaban J connectivity index is 2.46. The van der Waals surface area contributed by atoms with Gasteiger partial charge in [-0.25, -0.2) is 0 Å². The molecule has 86 valence electrons. The lowest BCUT2D eigenvalue weighted by molar-refractivity contribution is -0.184. The van der Waals surface area contributed by atoms with Crippen LogP contribution in [0.4, 0.5) is 13.2 Å². The van der Waals surface area contributed by atoms with Crippen LogP contribution < -0.4 is 5.32 Å². The Morgan fingerprint density at radius 2 is 1.80 bits per heavy atom. The fraction of sp³-hybridized carbons (Fsp3) is 0.818. The van der Waals surface area contributed by atoms with Gasteiger partial charge in [-0.05, 0) is 38.6 Å². The first-order valence-electron chi connectivity index (χ1n) is 5.19. The predicted molar refractivity (Wildman–Crippen MR) is 53.2 cm³/mol. The van der Waals surface area contributed by atoms with Gasteiger partial charge >= 0.3 is 6.18 Å². The van der Waals surface area contributed by atoms with E-state index in [2.05, 4.69) is 11.2 Å². The van der Waals surface area contributed by atoms with Gasteiger partial charge in [0.2, 0.25) is 0 Å². The smallest absolute Gasteiger partial charge is 0.307 e. The van der Waals surface area contributed by atoms with Gasteiger partial charge in [0.1, 0.15) is 0 Å². The van der Waals surface area contributed by atoms with Crippen molar-refractivity contribution in [1.29, 1.82) is 0 Å². The van der Waals surface area contributed by atoms with Gasteiger partial charge in [-0.15, -0.1) is 6.42 Å². The molecular weight excluding hydrogens is 203 g/mol. The molecule has 1 unspecified atom stereocenters. The lowest BCUT2D eigenvalue weighted by atomic mass is 9.78. The summed E-state index contributed by atoms with van der Waals surface area (Å²) >= 11 is 0. The molecule has 0 bridgehead atoms. The molecule has 1 rings (SSSR count). The second kappa shape index (κ2) is 4.89. The van der Waals surface area contributed by atoms with Crippen LogP contribution in [-0.4, -0.2) is 19.3 Å². The van der Waals surface area contributed by atoms with Crippen LogP contribution in [-0.2, 0) is 0 Å². The highest BCUT2D eigenvalue weighted by molar-refractivity contribution is 5.02. The summed E-state index contributed by atoms with van der Waals surface area (Å²) in [5, 5.41) is 2.96. The SMILES string of the molecule is C#CC(NC)C1CCC(C(F)(F)F)CC1. The molecule has 0 aromatic rings. The molecule has 1 saturated carbocycles. The van der Waals surface area contributed by atoms with Crippen LogP contribution in [0.1, 0.15) is 25.7 Å². The molecule has 1 aliphatic carbocycles. The van der Waals surface area contributed by atoms with Crippen LogP contribution in [0, 0.1) is 24.2 Å². The third-order valence-corrected chi connectivity index (χ3v) is 3.20. The van der Waals surface area contributed by atoms with Crippen molar-refractivity contribution < 1.29 is 13.2 Å². The number of rotatable bonds is 2. The van der Waals surface area contributed by atoms with Crippen LogP contribution in [0.2, 0.25) is 0 Å². The maximum atomic E-state index is 12.4. The van der Waals surface area contributed by atoms with Gasteiger partial charge < -0.3 is 5.32 Å². The largest absolute Gasteiger partial charge is 0.391 e. The van der Waals surface area contributed by atoms with Crippen molar-refractivity contribution in [3.8, 4) is 12.3 Å². The molecule has 0 spiro atoms. The average Bonchev–Trinajstić information content (AvgIpc) is 2.19. The van der Waals surface area contributed by atoms with Crippen molar-refractivity contribution >= 4 is 0 Å². The maximum Gasteiger partial charge on any atom is 0.391 e. The summed E-state index contributed by atoms with van der Waals surface area (Å²) in [6.07, 6.45) is 2.84. The monoisotopic (exact) mass is 219 g/mol. The van der Waals surface area contributed by atoms with Gasteiger partial charge in [0, 0.05) is 0 Å². The summed E-state index contributed by atoms with van der Waals surface area (Å²) in [6, 6.07) is -0.0841. The zero-order valence-electron chi connectivity index (χ0n) is 8.77. The predicted octanol–water partition coefficient (Wildman–Crippen LogP) is 2.58. The summed E-state index contributed by atoms with van der Waals surface area (Å²) in [5.74, 6) is 1.65. The van der Waals surface area contributed by atoms with E-state index in [1.54, 1.807) is 7.05 Å². The first-order chi connectivity index (χ1) is 6.99. The van der Waals surface area contributed by atoms with Crippen molar-refractivity contribution in [3.63, 3.8) is 0 Å². The normalized spacial score (nSPS) is 29.5. The minimum absolute atomic E-state index is 0.0841. The summed E-state index contributed by atoms with van der Waals surface area (Å²) in [4.78, 5) is 0. The Hall–Kier alpha value is -0.690. The van der Waals surface area contributed by atoms with E-state index in [0.717, 1.165) is 0 Å². The van der Waals surface area contributed by atoms with Gasteiger partial charge in [0.05, 0.1) is 12.0 Å². The van der Waals surface area contributed by atoms with Gasteiger partial charge in [-0.3, -0.25) is 0 Å². The van der Waals surface area contributed by atoms with E-state index < -0.39 is 12.1 Å². The summed E-state index contributed by atoms with van der Waals surface area (Å²) in [7, 11) is 1.75. The molecule has 0 amide bonds. The molecule has 1 aliphatic rings. The Labute approximate surface area is 88.4 Å². The third-order valence-electron chi connectivity index (χ3n) is 3.20. The average molecular weight is 219 g/mol. The lowest BCUT2D eigenvalue weighted by Crippen LogP contribution is -2.37. The molecule has 1 nitrogen and oxygen atoms in total. The fourth-order valence-corrected chi connectivity index (χ4v) is 2.23. The minimum atomic E-state index is -4.03. The molecule has 0 aliphatic heterocycles. The molecule has 15 heavy (non-hydrogen) atoms. The quantitative estimate of drug-likeness (QED) is 0.704.